The molecule has 2 nitrogen and oxygen atoms in total. The van der Waals surface area contributed by atoms with E-state index in [4.69, 9.17) is 0 Å². The summed E-state index contributed by atoms with van der Waals surface area (Å²) in [5.41, 5.74) is 2.56. The minimum Gasteiger partial charge on any atom is -0.313 e. The molecular weight excluding hydrogens is 311 g/mol. The number of rotatable bonds is 6. The third-order valence-corrected chi connectivity index (χ3v) is 5.69. The zero-order chi connectivity index (χ0) is 17.1. The van der Waals surface area contributed by atoms with Crippen LogP contribution in [0.5, 0.6) is 0 Å². The number of hydrogen-bond donors (Lipinski definition) is 1. The topological polar surface area (TPSA) is 15.3 Å². The molecule has 1 aliphatic carbocycles. The summed E-state index contributed by atoms with van der Waals surface area (Å²) in [6, 6.07) is 18.5. The van der Waals surface area contributed by atoms with Crippen LogP contribution < -0.4 is 5.32 Å². The van der Waals surface area contributed by atoms with Crippen LogP contribution in [0.1, 0.15) is 36.3 Å². The highest BCUT2D eigenvalue weighted by Gasteiger charge is 2.38. The van der Waals surface area contributed by atoms with Crippen molar-refractivity contribution in [1.29, 1.82) is 0 Å². The van der Waals surface area contributed by atoms with E-state index in [0.717, 1.165) is 37.7 Å². The van der Waals surface area contributed by atoms with Crippen molar-refractivity contribution >= 4 is 0 Å². The van der Waals surface area contributed by atoms with Gasteiger partial charge in [-0.2, -0.15) is 0 Å². The second-order valence-electron chi connectivity index (χ2n) is 7.62. The van der Waals surface area contributed by atoms with Gasteiger partial charge in [-0.3, -0.25) is 4.90 Å². The molecule has 3 heteroatoms. The Kier molecular flexibility index (Phi) is 5.14. The average Bonchev–Trinajstić information content (AvgIpc) is 3.42. The van der Waals surface area contributed by atoms with Crippen LogP contribution in [-0.2, 0) is 6.54 Å². The predicted molar refractivity (Wildman–Crippen MR) is 100.0 cm³/mol. The van der Waals surface area contributed by atoms with Gasteiger partial charge < -0.3 is 5.32 Å². The van der Waals surface area contributed by atoms with Gasteiger partial charge in [0.1, 0.15) is 5.82 Å². The zero-order valence-electron chi connectivity index (χ0n) is 14.7. The Hall–Kier alpha value is -1.71. The van der Waals surface area contributed by atoms with E-state index in [1.165, 1.54) is 30.9 Å². The number of hydrogen-bond acceptors (Lipinski definition) is 2. The molecule has 0 radical (unpaired) electrons. The van der Waals surface area contributed by atoms with Gasteiger partial charge in [0.05, 0.1) is 0 Å². The first-order chi connectivity index (χ1) is 12.3. The van der Waals surface area contributed by atoms with Gasteiger partial charge in [-0.15, -0.1) is 0 Å². The first kappa shape index (κ1) is 16.7. The lowest BCUT2D eigenvalue weighted by molar-refractivity contribution is 0.175. The minimum atomic E-state index is -0.131. The number of nitrogens with one attached hydrogen (secondary N) is 1. The van der Waals surface area contributed by atoms with Gasteiger partial charge >= 0.3 is 0 Å². The Labute approximate surface area is 150 Å². The van der Waals surface area contributed by atoms with Crippen molar-refractivity contribution in [3.63, 3.8) is 0 Å². The molecule has 2 aliphatic rings. The average molecular weight is 338 g/mol. The number of halogens is 1. The molecule has 4 rings (SSSR count). The molecule has 1 N–H and O–H groups in total. The van der Waals surface area contributed by atoms with Crippen LogP contribution in [0, 0.1) is 11.7 Å². The molecule has 0 unspecified atom stereocenters. The van der Waals surface area contributed by atoms with E-state index in [-0.39, 0.29) is 5.82 Å². The molecule has 132 valence electrons. The first-order valence-electron chi connectivity index (χ1n) is 9.53. The van der Waals surface area contributed by atoms with Crippen LogP contribution in [-0.4, -0.2) is 30.6 Å². The summed E-state index contributed by atoms with van der Waals surface area (Å²) in [6.45, 7) is 4.25. The molecule has 1 saturated carbocycles. The standard InChI is InChI=1S/C22H27FN2/c23-20-8-4-5-18(13-20)16-25-11-9-17(10-12-25)15-24-22-14-21(22)19-6-2-1-3-7-19/h1-8,13,17,21-22,24H,9-12,14-16H2/t21-,22+/m0/s1. The molecule has 2 aromatic carbocycles. The molecular formula is C22H27FN2. The number of likely N-dealkylation sites (tertiary alicyclic amines) is 1. The van der Waals surface area contributed by atoms with E-state index in [2.05, 4.69) is 40.5 Å². The molecule has 0 amide bonds. The van der Waals surface area contributed by atoms with E-state index in [0.29, 0.717) is 12.0 Å². The van der Waals surface area contributed by atoms with Crippen molar-refractivity contribution < 1.29 is 4.39 Å². The van der Waals surface area contributed by atoms with Crippen molar-refractivity contribution in [2.24, 2.45) is 5.92 Å². The Bertz CT molecular complexity index is 679. The second-order valence-corrected chi connectivity index (χ2v) is 7.62. The maximum atomic E-state index is 13.3. The smallest absolute Gasteiger partial charge is 0.123 e. The Morgan fingerprint density at radius 2 is 1.80 bits per heavy atom. The number of piperidine rings is 1. The molecule has 1 heterocycles. The van der Waals surface area contributed by atoms with Gasteiger partial charge in [0.15, 0.2) is 0 Å². The quantitative estimate of drug-likeness (QED) is 0.850. The van der Waals surface area contributed by atoms with Crippen molar-refractivity contribution in [1.82, 2.24) is 10.2 Å². The number of nitrogens with zero attached hydrogens (tertiary/aromatic N) is 1. The lowest BCUT2D eigenvalue weighted by atomic mass is 9.96. The molecule has 1 saturated heterocycles. The third kappa shape index (κ3) is 4.47. The van der Waals surface area contributed by atoms with Crippen LogP contribution >= 0.6 is 0 Å². The normalized spacial score (nSPS) is 24.4. The number of benzene rings is 2. The fourth-order valence-electron chi connectivity index (χ4n) is 4.05. The zero-order valence-corrected chi connectivity index (χ0v) is 14.7. The van der Waals surface area contributed by atoms with Crippen LogP contribution in [0.25, 0.3) is 0 Å². The maximum absolute atomic E-state index is 13.3. The van der Waals surface area contributed by atoms with Gasteiger partial charge in [0, 0.05) is 18.5 Å². The van der Waals surface area contributed by atoms with Crippen molar-refractivity contribution in [2.45, 2.75) is 37.8 Å². The SMILES string of the molecule is Fc1cccc(CN2CCC(CN[C@@H]3C[C@H]3c3ccccc3)CC2)c1. The summed E-state index contributed by atoms with van der Waals surface area (Å²) >= 11 is 0. The van der Waals surface area contributed by atoms with Crippen molar-refractivity contribution in [2.75, 3.05) is 19.6 Å². The molecule has 0 bridgehead atoms. The highest BCUT2D eigenvalue weighted by atomic mass is 19.1. The fourth-order valence-corrected chi connectivity index (χ4v) is 4.05. The van der Waals surface area contributed by atoms with E-state index in [9.17, 15) is 4.39 Å². The minimum absolute atomic E-state index is 0.131. The monoisotopic (exact) mass is 338 g/mol. The molecule has 2 aromatic rings. The van der Waals surface area contributed by atoms with Gasteiger partial charge in [-0.05, 0) is 68.1 Å². The Morgan fingerprint density at radius 1 is 1.00 bits per heavy atom. The Morgan fingerprint density at radius 3 is 2.56 bits per heavy atom. The van der Waals surface area contributed by atoms with Gasteiger partial charge in [-0.25, -0.2) is 4.39 Å². The lowest BCUT2D eigenvalue weighted by Gasteiger charge is -2.32. The summed E-state index contributed by atoms with van der Waals surface area (Å²) in [7, 11) is 0. The fraction of sp³-hybridized carbons (Fsp3) is 0.455. The Balaban J connectivity index is 1.17. The summed E-state index contributed by atoms with van der Waals surface area (Å²) < 4.78 is 13.3. The highest BCUT2D eigenvalue weighted by Crippen LogP contribution is 2.40. The van der Waals surface area contributed by atoms with E-state index < -0.39 is 0 Å². The van der Waals surface area contributed by atoms with Crippen LogP contribution in [0.3, 0.4) is 0 Å². The van der Waals surface area contributed by atoms with Crippen molar-refractivity contribution in [3.05, 3.63) is 71.5 Å². The molecule has 25 heavy (non-hydrogen) atoms. The van der Waals surface area contributed by atoms with E-state index in [1.807, 2.05) is 6.07 Å². The first-order valence-corrected chi connectivity index (χ1v) is 9.53. The van der Waals surface area contributed by atoms with Gasteiger partial charge in [0.25, 0.3) is 0 Å². The van der Waals surface area contributed by atoms with E-state index in [1.54, 1.807) is 12.1 Å². The lowest BCUT2D eigenvalue weighted by Crippen LogP contribution is -2.37. The van der Waals surface area contributed by atoms with Crippen LogP contribution in [0.4, 0.5) is 4.39 Å². The molecule has 2 fully saturated rings. The molecule has 1 aliphatic heterocycles. The van der Waals surface area contributed by atoms with Crippen LogP contribution in [0.15, 0.2) is 54.6 Å². The molecule has 0 aromatic heterocycles. The summed E-state index contributed by atoms with van der Waals surface area (Å²) in [4.78, 5) is 2.45. The van der Waals surface area contributed by atoms with Crippen molar-refractivity contribution in [3.8, 4) is 0 Å². The summed E-state index contributed by atoms with van der Waals surface area (Å²) in [5.74, 6) is 1.36. The second kappa shape index (κ2) is 7.67. The summed E-state index contributed by atoms with van der Waals surface area (Å²) in [6.07, 6.45) is 3.76. The molecule has 2 atom stereocenters. The summed E-state index contributed by atoms with van der Waals surface area (Å²) in [5, 5.41) is 3.78. The van der Waals surface area contributed by atoms with Gasteiger partial charge in [0.2, 0.25) is 0 Å². The largest absolute Gasteiger partial charge is 0.313 e. The molecule has 0 spiro atoms. The van der Waals surface area contributed by atoms with E-state index >= 15 is 0 Å². The predicted octanol–water partition coefficient (Wildman–Crippen LogP) is 4.18. The third-order valence-electron chi connectivity index (χ3n) is 5.69. The van der Waals surface area contributed by atoms with Crippen LogP contribution in [0.2, 0.25) is 0 Å². The highest BCUT2D eigenvalue weighted by molar-refractivity contribution is 5.27. The van der Waals surface area contributed by atoms with Gasteiger partial charge in [-0.1, -0.05) is 42.5 Å². The maximum Gasteiger partial charge on any atom is 0.123 e.